The minimum atomic E-state index is 0.104. The number of ether oxygens (including phenoxy) is 1. The van der Waals surface area contributed by atoms with Gasteiger partial charge in [0, 0.05) is 25.3 Å². The molecule has 1 aliphatic heterocycles. The van der Waals surface area contributed by atoms with Gasteiger partial charge < -0.3 is 15.8 Å². The zero-order valence-electron chi connectivity index (χ0n) is 12.4. The molecule has 2 atom stereocenters. The molecule has 5 heteroatoms. The number of hydrogen-bond donors (Lipinski definition) is 2. The fourth-order valence-corrected chi connectivity index (χ4v) is 2.66. The fraction of sp³-hybridized carbons (Fsp3) is 0.294. The number of benzene rings is 1. The molecule has 0 radical (unpaired) electrons. The molecule has 0 saturated carbocycles. The van der Waals surface area contributed by atoms with Crippen LogP contribution in [-0.2, 0) is 4.74 Å². The number of pyridine rings is 1. The quantitative estimate of drug-likeness (QED) is 0.672. The Balaban J connectivity index is 1.61. The third-order valence-electron chi connectivity index (χ3n) is 3.76. The number of aliphatic imine (C=N–C) groups is 1. The van der Waals surface area contributed by atoms with Gasteiger partial charge in [0.15, 0.2) is 5.96 Å². The van der Waals surface area contributed by atoms with Gasteiger partial charge in [-0.2, -0.15) is 0 Å². The van der Waals surface area contributed by atoms with Crippen LogP contribution in [0.4, 0.5) is 5.82 Å². The van der Waals surface area contributed by atoms with Gasteiger partial charge in [0.1, 0.15) is 5.82 Å². The van der Waals surface area contributed by atoms with Crippen molar-refractivity contribution >= 4 is 11.8 Å². The number of nitrogens with two attached hydrogens (primary N) is 1. The summed E-state index contributed by atoms with van der Waals surface area (Å²) in [6, 6.07) is 15.9. The highest BCUT2D eigenvalue weighted by Crippen LogP contribution is 2.34. The summed E-state index contributed by atoms with van der Waals surface area (Å²) in [5, 5.41) is 3.00. The zero-order chi connectivity index (χ0) is 15.2. The molecule has 0 bridgehead atoms. The lowest BCUT2D eigenvalue weighted by atomic mass is 9.95. The van der Waals surface area contributed by atoms with Gasteiger partial charge in [-0.05, 0) is 24.1 Å². The molecule has 1 aromatic heterocycles. The van der Waals surface area contributed by atoms with Crippen LogP contribution in [0.3, 0.4) is 0 Å². The summed E-state index contributed by atoms with van der Waals surface area (Å²) in [6.07, 6.45) is 2.82. The molecule has 1 aliphatic rings. The summed E-state index contributed by atoms with van der Waals surface area (Å²) in [4.78, 5) is 8.60. The molecule has 22 heavy (non-hydrogen) atoms. The van der Waals surface area contributed by atoms with Gasteiger partial charge in [0.2, 0.25) is 0 Å². The number of rotatable bonds is 4. The second-order valence-electron chi connectivity index (χ2n) is 5.32. The maximum absolute atomic E-state index is 5.93. The number of guanidine groups is 1. The van der Waals surface area contributed by atoms with E-state index in [1.807, 2.05) is 36.4 Å². The molecule has 2 heterocycles. The molecule has 5 nitrogen and oxygen atoms in total. The smallest absolute Gasteiger partial charge is 0.194 e. The summed E-state index contributed by atoms with van der Waals surface area (Å²) < 4.78 is 5.86. The minimum Gasteiger partial charge on any atom is -0.373 e. The van der Waals surface area contributed by atoms with E-state index >= 15 is 0 Å². The average molecular weight is 296 g/mol. The van der Waals surface area contributed by atoms with E-state index in [1.165, 1.54) is 5.56 Å². The Morgan fingerprint density at radius 2 is 2.05 bits per heavy atom. The lowest BCUT2D eigenvalue weighted by Gasteiger charge is -2.17. The molecule has 3 N–H and O–H groups in total. The van der Waals surface area contributed by atoms with Crippen molar-refractivity contribution in [3.63, 3.8) is 0 Å². The van der Waals surface area contributed by atoms with Gasteiger partial charge in [-0.25, -0.2) is 4.98 Å². The third-order valence-corrected chi connectivity index (χ3v) is 3.76. The molecule has 2 aromatic rings. The SMILES string of the molecule is NC(=NC[C@H]1CCO[C@@H]1c1ccccc1)Nc1ccccn1. The Morgan fingerprint density at radius 3 is 2.82 bits per heavy atom. The van der Waals surface area contributed by atoms with Crippen molar-refractivity contribution in [1.82, 2.24) is 4.98 Å². The third kappa shape index (κ3) is 3.62. The standard InChI is InChI=1S/C17H20N4O/c18-17(21-15-8-4-5-10-19-15)20-12-14-9-11-22-16(14)13-6-2-1-3-7-13/h1-8,10,14,16H,9,11-12H2,(H3,18,19,20,21)/t14-,16-/m1/s1. The Labute approximate surface area is 130 Å². The van der Waals surface area contributed by atoms with Crippen LogP contribution in [-0.4, -0.2) is 24.1 Å². The van der Waals surface area contributed by atoms with E-state index in [2.05, 4.69) is 27.4 Å². The van der Waals surface area contributed by atoms with Crippen molar-refractivity contribution in [3.8, 4) is 0 Å². The van der Waals surface area contributed by atoms with E-state index in [-0.39, 0.29) is 6.10 Å². The fourth-order valence-electron chi connectivity index (χ4n) is 2.66. The Kier molecular flexibility index (Phi) is 4.65. The van der Waals surface area contributed by atoms with Gasteiger partial charge in [-0.15, -0.1) is 0 Å². The first-order chi connectivity index (χ1) is 10.8. The van der Waals surface area contributed by atoms with E-state index in [0.717, 1.165) is 13.0 Å². The summed E-state index contributed by atoms with van der Waals surface area (Å²) in [5.41, 5.74) is 7.13. The maximum Gasteiger partial charge on any atom is 0.194 e. The largest absolute Gasteiger partial charge is 0.373 e. The topological polar surface area (TPSA) is 72.5 Å². The Hall–Kier alpha value is -2.40. The Morgan fingerprint density at radius 1 is 1.23 bits per heavy atom. The van der Waals surface area contributed by atoms with Gasteiger partial charge >= 0.3 is 0 Å². The molecular weight excluding hydrogens is 276 g/mol. The van der Waals surface area contributed by atoms with Gasteiger partial charge in [-0.3, -0.25) is 4.99 Å². The number of nitrogens with one attached hydrogen (secondary N) is 1. The Bertz CT molecular complexity index is 615. The van der Waals surface area contributed by atoms with Crippen LogP contribution in [0.25, 0.3) is 0 Å². The molecule has 0 unspecified atom stereocenters. The van der Waals surface area contributed by atoms with Crippen LogP contribution in [0.5, 0.6) is 0 Å². The van der Waals surface area contributed by atoms with Gasteiger partial charge in [0.25, 0.3) is 0 Å². The molecule has 0 spiro atoms. The highest BCUT2D eigenvalue weighted by Gasteiger charge is 2.29. The predicted molar refractivity (Wildman–Crippen MR) is 87.6 cm³/mol. The molecular formula is C17H20N4O. The summed E-state index contributed by atoms with van der Waals surface area (Å²) in [5.74, 6) is 1.44. The van der Waals surface area contributed by atoms with Gasteiger partial charge in [-0.1, -0.05) is 36.4 Å². The first-order valence-electron chi connectivity index (χ1n) is 7.47. The number of nitrogens with zero attached hydrogens (tertiary/aromatic N) is 2. The lowest BCUT2D eigenvalue weighted by molar-refractivity contribution is 0.0926. The van der Waals surface area contributed by atoms with E-state index in [9.17, 15) is 0 Å². The van der Waals surface area contributed by atoms with Crippen molar-refractivity contribution in [2.45, 2.75) is 12.5 Å². The van der Waals surface area contributed by atoms with Crippen molar-refractivity contribution in [2.24, 2.45) is 16.6 Å². The normalized spacial score (nSPS) is 21.7. The van der Waals surface area contributed by atoms with Gasteiger partial charge in [0.05, 0.1) is 6.10 Å². The first kappa shape index (κ1) is 14.5. The maximum atomic E-state index is 5.93. The van der Waals surface area contributed by atoms with Crippen LogP contribution in [0.2, 0.25) is 0 Å². The highest BCUT2D eigenvalue weighted by atomic mass is 16.5. The van der Waals surface area contributed by atoms with E-state index < -0.39 is 0 Å². The summed E-state index contributed by atoms with van der Waals surface area (Å²) >= 11 is 0. The molecule has 114 valence electrons. The molecule has 0 aliphatic carbocycles. The lowest BCUT2D eigenvalue weighted by Crippen LogP contribution is -2.24. The van der Waals surface area contributed by atoms with Crippen molar-refractivity contribution in [3.05, 3.63) is 60.3 Å². The average Bonchev–Trinajstić information content (AvgIpc) is 3.03. The van der Waals surface area contributed by atoms with Crippen LogP contribution in [0.15, 0.2) is 59.7 Å². The molecule has 3 rings (SSSR count). The summed E-state index contributed by atoms with van der Waals surface area (Å²) in [6.45, 7) is 1.42. The van der Waals surface area contributed by atoms with Crippen LogP contribution >= 0.6 is 0 Å². The second-order valence-corrected chi connectivity index (χ2v) is 5.32. The van der Waals surface area contributed by atoms with Crippen molar-refractivity contribution in [1.29, 1.82) is 0 Å². The molecule has 1 aromatic carbocycles. The van der Waals surface area contributed by atoms with E-state index in [0.29, 0.717) is 24.2 Å². The zero-order valence-corrected chi connectivity index (χ0v) is 12.4. The summed E-state index contributed by atoms with van der Waals surface area (Å²) in [7, 11) is 0. The van der Waals surface area contributed by atoms with Crippen molar-refractivity contribution in [2.75, 3.05) is 18.5 Å². The predicted octanol–water partition coefficient (Wildman–Crippen LogP) is 2.59. The number of anilines is 1. The molecule has 1 fully saturated rings. The van der Waals surface area contributed by atoms with Crippen LogP contribution in [0.1, 0.15) is 18.1 Å². The minimum absolute atomic E-state index is 0.104. The highest BCUT2D eigenvalue weighted by molar-refractivity contribution is 5.91. The van der Waals surface area contributed by atoms with Crippen LogP contribution in [0, 0.1) is 5.92 Å². The van der Waals surface area contributed by atoms with Crippen LogP contribution < -0.4 is 11.1 Å². The number of hydrogen-bond acceptors (Lipinski definition) is 3. The van der Waals surface area contributed by atoms with Crippen molar-refractivity contribution < 1.29 is 4.74 Å². The second kappa shape index (κ2) is 7.04. The first-order valence-corrected chi connectivity index (χ1v) is 7.47. The number of aromatic nitrogens is 1. The molecule has 0 amide bonds. The van der Waals surface area contributed by atoms with E-state index in [4.69, 9.17) is 10.5 Å². The van der Waals surface area contributed by atoms with E-state index in [1.54, 1.807) is 6.20 Å². The molecule has 1 saturated heterocycles. The monoisotopic (exact) mass is 296 g/mol.